The van der Waals surface area contributed by atoms with Crippen LogP contribution < -0.4 is 5.32 Å². The number of hydrogen-bond acceptors (Lipinski definition) is 3. The number of nitrogens with zero attached hydrogens (tertiary/aromatic N) is 2. The van der Waals surface area contributed by atoms with E-state index in [9.17, 15) is 0 Å². The Morgan fingerprint density at radius 1 is 1.55 bits per heavy atom. The van der Waals surface area contributed by atoms with E-state index in [0.29, 0.717) is 0 Å². The molecule has 0 aliphatic carbocycles. The third-order valence-electron chi connectivity index (χ3n) is 1.46. The van der Waals surface area contributed by atoms with Crippen molar-refractivity contribution in [2.45, 2.75) is 19.8 Å². The van der Waals surface area contributed by atoms with Gasteiger partial charge in [0, 0.05) is 13.0 Å². The van der Waals surface area contributed by atoms with Gasteiger partial charge in [-0.3, -0.25) is 5.10 Å². The highest BCUT2D eigenvalue weighted by molar-refractivity contribution is 4.90. The fourth-order valence-corrected chi connectivity index (χ4v) is 0.866. The molecule has 1 heterocycles. The zero-order valence-corrected chi connectivity index (χ0v) is 6.80. The molecule has 0 unspecified atom stereocenters. The molecule has 1 aromatic rings. The largest absolute Gasteiger partial charge is 0.316 e. The summed E-state index contributed by atoms with van der Waals surface area (Å²) in [6.07, 6.45) is 3.92. The van der Waals surface area contributed by atoms with Gasteiger partial charge in [0.25, 0.3) is 0 Å². The summed E-state index contributed by atoms with van der Waals surface area (Å²) in [5.74, 6) is 0. The van der Waals surface area contributed by atoms with Gasteiger partial charge in [-0.15, -0.1) is 5.10 Å². The molecule has 0 aliphatic heterocycles. The van der Waals surface area contributed by atoms with Gasteiger partial charge in [-0.2, -0.15) is 0 Å². The highest BCUT2D eigenvalue weighted by atomic mass is 15.3. The van der Waals surface area contributed by atoms with E-state index in [0.717, 1.165) is 25.2 Å². The van der Waals surface area contributed by atoms with Gasteiger partial charge in [0.05, 0.1) is 11.9 Å². The molecule has 1 rings (SSSR count). The van der Waals surface area contributed by atoms with Crippen molar-refractivity contribution in [1.29, 1.82) is 0 Å². The zero-order chi connectivity index (χ0) is 7.94. The first-order chi connectivity index (χ1) is 5.43. The average Bonchev–Trinajstić information content (AvgIpc) is 2.50. The van der Waals surface area contributed by atoms with Crippen LogP contribution in [0.4, 0.5) is 0 Å². The summed E-state index contributed by atoms with van der Waals surface area (Å²) in [4.78, 5) is 0. The van der Waals surface area contributed by atoms with Gasteiger partial charge in [0.1, 0.15) is 0 Å². The number of aromatic amines is 1. The SMILES string of the molecule is CCCNCCc1cnn[nH]1. The van der Waals surface area contributed by atoms with Gasteiger partial charge in [-0.05, 0) is 13.0 Å². The van der Waals surface area contributed by atoms with Crippen LogP contribution in [0.3, 0.4) is 0 Å². The minimum atomic E-state index is 0.979. The Morgan fingerprint density at radius 2 is 2.45 bits per heavy atom. The van der Waals surface area contributed by atoms with Crippen LogP contribution in [0.5, 0.6) is 0 Å². The van der Waals surface area contributed by atoms with Crippen molar-refractivity contribution >= 4 is 0 Å². The Kier molecular flexibility index (Phi) is 3.61. The van der Waals surface area contributed by atoms with Crippen molar-refractivity contribution in [1.82, 2.24) is 20.7 Å². The molecular weight excluding hydrogens is 140 g/mol. The van der Waals surface area contributed by atoms with Crippen molar-refractivity contribution in [2.24, 2.45) is 0 Å². The second-order valence-electron chi connectivity index (χ2n) is 2.48. The maximum atomic E-state index is 3.69. The van der Waals surface area contributed by atoms with Crippen molar-refractivity contribution in [2.75, 3.05) is 13.1 Å². The van der Waals surface area contributed by atoms with Gasteiger partial charge in [-0.1, -0.05) is 12.1 Å². The molecule has 0 bridgehead atoms. The summed E-state index contributed by atoms with van der Waals surface area (Å²) in [5, 5.41) is 13.4. The van der Waals surface area contributed by atoms with E-state index in [2.05, 4.69) is 27.7 Å². The van der Waals surface area contributed by atoms with Crippen molar-refractivity contribution in [3.8, 4) is 0 Å². The normalized spacial score (nSPS) is 10.3. The van der Waals surface area contributed by atoms with E-state index in [1.54, 1.807) is 6.20 Å². The lowest BCUT2D eigenvalue weighted by atomic mass is 10.3. The summed E-state index contributed by atoms with van der Waals surface area (Å²) < 4.78 is 0. The Hall–Kier alpha value is -0.900. The molecule has 62 valence electrons. The van der Waals surface area contributed by atoms with Gasteiger partial charge < -0.3 is 5.32 Å². The molecular formula is C7H14N4. The first-order valence-corrected chi connectivity index (χ1v) is 3.99. The molecule has 4 nitrogen and oxygen atoms in total. The Labute approximate surface area is 66.4 Å². The monoisotopic (exact) mass is 154 g/mol. The number of nitrogens with one attached hydrogen (secondary N) is 2. The van der Waals surface area contributed by atoms with Crippen molar-refractivity contribution in [3.05, 3.63) is 11.9 Å². The number of H-pyrrole nitrogens is 1. The lowest BCUT2D eigenvalue weighted by molar-refractivity contribution is 0.664. The average molecular weight is 154 g/mol. The summed E-state index contributed by atoms with van der Waals surface area (Å²) in [7, 11) is 0. The van der Waals surface area contributed by atoms with Crippen LogP contribution in [0.1, 0.15) is 19.0 Å². The quantitative estimate of drug-likeness (QED) is 0.601. The molecule has 0 amide bonds. The van der Waals surface area contributed by atoms with E-state index in [1.807, 2.05) is 0 Å². The molecule has 4 heteroatoms. The van der Waals surface area contributed by atoms with E-state index in [1.165, 1.54) is 6.42 Å². The predicted molar refractivity (Wildman–Crippen MR) is 43.2 cm³/mol. The fourth-order valence-electron chi connectivity index (χ4n) is 0.866. The maximum absolute atomic E-state index is 3.69. The Balaban J connectivity index is 2.04. The van der Waals surface area contributed by atoms with Crippen LogP contribution in [0.2, 0.25) is 0 Å². The fraction of sp³-hybridized carbons (Fsp3) is 0.714. The van der Waals surface area contributed by atoms with Gasteiger partial charge in [0.15, 0.2) is 0 Å². The summed E-state index contributed by atoms with van der Waals surface area (Å²) >= 11 is 0. The van der Waals surface area contributed by atoms with Gasteiger partial charge in [0.2, 0.25) is 0 Å². The van der Waals surface area contributed by atoms with Gasteiger partial charge in [-0.25, -0.2) is 0 Å². The topological polar surface area (TPSA) is 53.6 Å². The van der Waals surface area contributed by atoms with Crippen LogP contribution in [-0.4, -0.2) is 28.5 Å². The van der Waals surface area contributed by atoms with Crippen LogP contribution in [0.25, 0.3) is 0 Å². The van der Waals surface area contributed by atoms with Crippen LogP contribution in [0.15, 0.2) is 6.20 Å². The lowest BCUT2D eigenvalue weighted by Crippen LogP contribution is -2.17. The minimum Gasteiger partial charge on any atom is -0.316 e. The first kappa shape index (κ1) is 8.20. The zero-order valence-electron chi connectivity index (χ0n) is 6.80. The van der Waals surface area contributed by atoms with E-state index in [4.69, 9.17) is 0 Å². The Bertz CT molecular complexity index is 171. The van der Waals surface area contributed by atoms with E-state index >= 15 is 0 Å². The summed E-state index contributed by atoms with van der Waals surface area (Å²) in [6, 6.07) is 0. The van der Waals surface area contributed by atoms with Crippen LogP contribution in [0, 0.1) is 0 Å². The lowest BCUT2D eigenvalue weighted by Gasteiger charge is -1.98. The molecule has 2 N–H and O–H groups in total. The maximum Gasteiger partial charge on any atom is 0.0722 e. The number of rotatable bonds is 5. The molecule has 0 spiro atoms. The van der Waals surface area contributed by atoms with Crippen molar-refractivity contribution in [3.63, 3.8) is 0 Å². The third kappa shape index (κ3) is 3.13. The molecule has 11 heavy (non-hydrogen) atoms. The minimum absolute atomic E-state index is 0.979. The second-order valence-corrected chi connectivity index (χ2v) is 2.48. The highest BCUT2D eigenvalue weighted by Crippen LogP contribution is 1.87. The predicted octanol–water partition coefficient (Wildman–Crippen LogP) is 0.347. The standard InChI is InChI=1S/C7H14N4/c1-2-4-8-5-3-7-6-9-11-10-7/h6,8H,2-5H2,1H3,(H,9,10,11). The van der Waals surface area contributed by atoms with E-state index < -0.39 is 0 Å². The summed E-state index contributed by atoms with van der Waals surface area (Å²) in [6.45, 7) is 4.24. The molecule has 0 saturated carbocycles. The molecule has 1 aromatic heterocycles. The summed E-state index contributed by atoms with van der Waals surface area (Å²) in [5.41, 5.74) is 1.09. The molecule has 0 radical (unpaired) electrons. The van der Waals surface area contributed by atoms with Crippen molar-refractivity contribution < 1.29 is 0 Å². The smallest absolute Gasteiger partial charge is 0.0722 e. The Morgan fingerprint density at radius 3 is 3.09 bits per heavy atom. The van der Waals surface area contributed by atoms with Crippen LogP contribution in [-0.2, 0) is 6.42 Å². The second kappa shape index (κ2) is 4.85. The number of aromatic nitrogens is 3. The molecule has 0 aromatic carbocycles. The number of hydrogen-bond donors (Lipinski definition) is 2. The molecule has 0 saturated heterocycles. The molecule has 0 atom stereocenters. The molecule has 0 fully saturated rings. The highest BCUT2D eigenvalue weighted by Gasteiger charge is 1.92. The third-order valence-corrected chi connectivity index (χ3v) is 1.46. The van der Waals surface area contributed by atoms with Gasteiger partial charge >= 0.3 is 0 Å². The molecule has 0 aliphatic rings. The van der Waals surface area contributed by atoms with Crippen LogP contribution >= 0.6 is 0 Å². The first-order valence-electron chi connectivity index (χ1n) is 3.99. The van der Waals surface area contributed by atoms with E-state index in [-0.39, 0.29) is 0 Å².